The molecule has 3 heteroatoms. The maximum Gasteiger partial charge on any atom is 0.0938 e. The summed E-state index contributed by atoms with van der Waals surface area (Å²) in [6, 6.07) is 0. The van der Waals surface area contributed by atoms with Crippen LogP contribution in [0.1, 0.15) is 0 Å². The molecule has 1 aliphatic heterocycles. The fourth-order valence-corrected chi connectivity index (χ4v) is 0.180. The molecule has 0 atom stereocenters. The van der Waals surface area contributed by atoms with Gasteiger partial charge in [0.2, 0.25) is 0 Å². The first-order chi connectivity index (χ1) is 2.50. The first-order valence-corrected chi connectivity index (χ1v) is 1.33. The van der Waals surface area contributed by atoms with E-state index in [1.165, 1.54) is 0 Å². The smallest absolute Gasteiger partial charge is 0.0938 e. The minimum atomic E-state index is 1.64. The normalized spacial score (nSPS) is 17.6. The second-order valence-electron chi connectivity index (χ2n) is 0.683. The largest absolute Gasteiger partial charge is 0.309 e. The molecule has 0 fully saturated rings. The molecule has 1 aliphatic rings. The van der Waals surface area contributed by atoms with Crippen LogP contribution in [-0.4, -0.2) is 0 Å². The van der Waals surface area contributed by atoms with Crippen LogP contribution < -0.4 is 16.4 Å². The van der Waals surface area contributed by atoms with Gasteiger partial charge in [-0.3, -0.25) is 0 Å². The highest BCUT2D eigenvalue weighted by molar-refractivity contribution is 4.68. The lowest BCUT2D eigenvalue weighted by molar-refractivity contribution is 0.608. The van der Waals surface area contributed by atoms with Gasteiger partial charge >= 0.3 is 0 Å². The second kappa shape index (κ2) is 0.944. The Morgan fingerprint density at radius 2 is 2.60 bits per heavy atom. The molecule has 1 heterocycles. The molecule has 3 N–H and O–H groups in total. The second-order valence-corrected chi connectivity index (χ2v) is 0.683. The lowest BCUT2D eigenvalue weighted by Gasteiger charge is -1.86. The Balaban J connectivity index is 2.32. The van der Waals surface area contributed by atoms with Crippen molar-refractivity contribution in [2.24, 2.45) is 0 Å². The highest BCUT2D eigenvalue weighted by Gasteiger charge is 1.76. The zero-order valence-corrected chi connectivity index (χ0v) is 2.58. The molecule has 0 saturated carbocycles. The Hall–Kier alpha value is -0.700. The van der Waals surface area contributed by atoms with E-state index in [4.69, 9.17) is 0 Å². The van der Waals surface area contributed by atoms with E-state index in [2.05, 4.69) is 22.6 Å². The van der Waals surface area contributed by atoms with Crippen molar-refractivity contribution in [2.45, 2.75) is 0 Å². The number of hydrazine groups is 2. The number of hydrogen-bond acceptors (Lipinski definition) is 3. The molecular formula is C2H4N3. The Labute approximate surface area is 30.0 Å². The summed E-state index contributed by atoms with van der Waals surface area (Å²) in [5, 5.41) is 0. The van der Waals surface area contributed by atoms with Crippen molar-refractivity contribution >= 4 is 0 Å². The van der Waals surface area contributed by atoms with Gasteiger partial charge in [-0.25, -0.2) is 0 Å². The highest BCUT2D eigenvalue weighted by atomic mass is 15.6. The third kappa shape index (κ3) is 0.302. The van der Waals surface area contributed by atoms with Crippen LogP contribution in [0.3, 0.4) is 0 Å². The molecule has 0 aromatic heterocycles. The van der Waals surface area contributed by atoms with E-state index in [9.17, 15) is 0 Å². The maximum atomic E-state index is 2.62. The Morgan fingerprint density at radius 3 is 2.80 bits per heavy atom. The molecule has 0 unspecified atom stereocenters. The Kier molecular flexibility index (Phi) is 0.478. The molecule has 0 amide bonds. The summed E-state index contributed by atoms with van der Waals surface area (Å²) in [4.78, 5) is 0. The lowest BCUT2D eigenvalue weighted by atomic mass is 11.0. The standard InChI is InChI=1S/C2H4N3/c1-2-4-5-3-1/h1,3-5H. The fraction of sp³-hybridized carbons (Fsp3) is 0. The van der Waals surface area contributed by atoms with Gasteiger partial charge in [0, 0.05) is 6.20 Å². The molecule has 0 aromatic rings. The van der Waals surface area contributed by atoms with E-state index in [1.54, 1.807) is 6.20 Å². The molecular weight excluding hydrogens is 66.0 g/mol. The molecule has 0 spiro atoms. The fourth-order valence-electron chi connectivity index (χ4n) is 0.180. The van der Waals surface area contributed by atoms with Crippen molar-refractivity contribution in [3.05, 3.63) is 12.4 Å². The van der Waals surface area contributed by atoms with Gasteiger partial charge in [0.05, 0.1) is 6.20 Å². The van der Waals surface area contributed by atoms with Crippen LogP contribution in [0.2, 0.25) is 0 Å². The van der Waals surface area contributed by atoms with Gasteiger partial charge in [-0.15, -0.1) is 0 Å². The third-order valence-corrected chi connectivity index (χ3v) is 0.351. The highest BCUT2D eigenvalue weighted by Crippen LogP contribution is 1.55. The van der Waals surface area contributed by atoms with E-state index in [0.717, 1.165) is 0 Å². The van der Waals surface area contributed by atoms with Gasteiger partial charge in [0.15, 0.2) is 0 Å². The number of hydrogen-bond donors (Lipinski definition) is 3. The number of nitrogens with one attached hydrogen (secondary N) is 3. The minimum absolute atomic E-state index is 1.64. The SMILES string of the molecule is [C]1=CNNN1. The number of rotatable bonds is 0. The quantitative estimate of drug-likeness (QED) is 0.337. The van der Waals surface area contributed by atoms with E-state index in [1.807, 2.05) is 0 Å². The van der Waals surface area contributed by atoms with Crippen LogP contribution >= 0.6 is 0 Å². The zero-order valence-electron chi connectivity index (χ0n) is 2.58. The van der Waals surface area contributed by atoms with Gasteiger partial charge in [0.1, 0.15) is 0 Å². The van der Waals surface area contributed by atoms with Crippen molar-refractivity contribution in [3.63, 3.8) is 0 Å². The van der Waals surface area contributed by atoms with Gasteiger partial charge in [-0.1, -0.05) is 0 Å². The summed E-state index contributed by atoms with van der Waals surface area (Å²) in [6.07, 6.45) is 4.26. The van der Waals surface area contributed by atoms with Crippen molar-refractivity contribution in [1.29, 1.82) is 0 Å². The average molecular weight is 70.1 g/mol. The molecule has 27 valence electrons. The summed E-state index contributed by atoms with van der Waals surface area (Å²) in [5.41, 5.74) is 7.74. The van der Waals surface area contributed by atoms with E-state index in [-0.39, 0.29) is 0 Å². The monoisotopic (exact) mass is 70.0 g/mol. The van der Waals surface area contributed by atoms with Gasteiger partial charge in [-0.2, -0.15) is 5.53 Å². The molecule has 0 bridgehead atoms. The maximum absolute atomic E-state index is 2.62. The van der Waals surface area contributed by atoms with E-state index in [0.29, 0.717) is 0 Å². The van der Waals surface area contributed by atoms with Crippen LogP contribution in [0.25, 0.3) is 0 Å². The summed E-state index contributed by atoms with van der Waals surface area (Å²) in [7, 11) is 0. The van der Waals surface area contributed by atoms with Crippen molar-refractivity contribution < 1.29 is 0 Å². The van der Waals surface area contributed by atoms with Crippen LogP contribution in [0.15, 0.2) is 6.20 Å². The van der Waals surface area contributed by atoms with Crippen molar-refractivity contribution in [2.75, 3.05) is 0 Å². The van der Waals surface area contributed by atoms with Gasteiger partial charge in [-0.05, 0) is 0 Å². The summed E-state index contributed by atoms with van der Waals surface area (Å²) >= 11 is 0. The molecule has 0 aliphatic carbocycles. The molecule has 1 rings (SSSR count). The van der Waals surface area contributed by atoms with Crippen LogP contribution in [-0.2, 0) is 0 Å². The van der Waals surface area contributed by atoms with Crippen LogP contribution in [0.4, 0.5) is 0 Å². The first-order valence-electron chi connectivity index (χ1n) is 1.33. The lowest BCUT2D eigenvalue weighted by Crippen LogP contribution is -2.29. The Bertz CT molecular complexity index is 42.9. The van der Waals surface area contributed by atoms with E-state index >= 15 is 0 Å². The molecule has 0 saturated heterocycles. The topological polar surface area (TPSA) is 36.1 Å². The van der Waals surface area contributed by atoms with Crippen molar-refractivity contribution in [1.82, 2.24) is 16.4 Å². The summed E-state index contributed by atoms with van der Waals surface area (Å²) < 4.78 is 0. The van der Waals surface area contributed by atoms with E-state index < -0.39 is 0 Å². The molecule has 0 aromatic carbocycles. The molecule has 1 radical (unpaired) electrons. The van der Waals surface area contributed by atoms with Gasteiger partial charge < -0.3 is 10.9 Å². The molecule has 5 heavy (non-hydrogen) atoms. The summed E-state index contributed by atoms with van der Waals surface area (Å²) in [5.74, 6) is 0. The van der Waals surface area contributed by atoms with Gasteiger partial charge in [0.25, 0.3) is 0 Å². The van der Waals surface area contributed by atoms with Crippen LogP contribution in [0.5, 0.6) is 0 Å². The van der Waals surface area contributed by atoms with Crippen LogP contribution in [0, 0.1) is 6.20 Å². The van der Waals surface area contributed by atoms with Crippen molar-refractivity contribution in [3.8, 4) is 0 Å². The minimum Gasteiger partial charge on any atom is -0.309 e. The molecule has 3 nitrogen and oxygen atoms in total. The predicted molar refractivity (Wildman–Crippen MR) is 17.2 cm³/mol. The Morgan fingerprint density at radius 1 is 1.60 bits per heavy atom. The average Bonchev–Trinajstić information content (AvgIpc) is 1.76. The first kappa shape index (κ1) is 2.53. The third-order valence-electron chi connectivity index (χ3n) is 0.351. The summed E-state index contributed by atoms with van der Waals surface area (Å²) in [6.45, 7) is 0. The predicted octanol–water partition coefficient (Wildman–Crippen LogP) is -1.13. The zero-order chi connectivity index (χ0) is 3.54.